The fourth-order valence-electron chi connectivity index (χ4n) is 2.19. The van der Waals surface area contributed by atoms with Gasteiger partial charge in [-0.3, -0.25) is 9.59 Å². The van der Waals surface area contributed by atoms with E-state index in [9.17, 15) is 18.0 Å². The maximum Gasteiger partial charge on any atom is 0.224 e. The van der Waals surface area contributed by atoms with Crippen LogP contribution in [0.5, 0.6) is 0 Å². The molecule has 2 rings (SSSR count). The molecule has 1 aromatic heterocycles. The van der Waals surface area contributed by atoms with Gasteiger partial charge in [0.1, 0.15) is 0 Å². The third-order valence-corrected chi connectivity index (χ3v) is 7.37. The molecule has 0 aliphatic heterocycles. The minimum Gasteiger partial charge on any atom is -0.326 e. The predicted molar refractivity (Wildman–Crippen MR) is 105 cm³/mol. The Morgan fingerprint density at radius 2 is 1.81 bits per heavy atom. The van der Waals surface area contributed by atoms with Gasteiger partial charge < -0.3 is 5.32 Å². The van der Waals surface area contributed by atoms with Crippen LogP contribution in [0.4, 0.5) is 5.69 Å². The van der Waals surface area contributed by atoms with E-state index in [0.29, 0.717) is 16.1 Å². The number of carbonyl (C=O) groups is 2. The van der Waals surface area contributed by atoms with Gasteiger partial charge in [0.2, 0.25) is 5.91 Å². The van der Waals surface area contributed by atoms with Crippen molar-refractivity contribution in [1.82, 2.24) is 0 Å². The molecule has 0 aliphatic rings. The van der Waals surface area contributed by atoms with Crippen LogP contribution in [0.15, 0.2) is 41.8 Å². The summed E-state index contributed by atoms with van der Waals surface area (Å²) in [4.78, 5) is 24.6. The summed E-state index contributed by atoms with van der Waals surface area (Å²) in [5.74, 6) is -0.414. The van der Waals surface area contributed by atoms with Gasteiger partial charge in [0.15, 0.2) is 15.6 Å². The van der Waals surface area contributed by atoms with Crippen LogP contribution in [-0.2, 0) is 20.4 Å². The van der Waals surface area contributed by atoms with E-state index in [-0.39, 0.29) is 30.3 Å². The highest BCUT2D eigenvalue weighted by molar-refractivity contribution is 7.91. The van der Waals surface area contributed by atoms with Crippen molar-refractivity contribution in [1.29, 1.82) is 0 Å². The number of thiophene rings is 1. The molecule has 1 N–H and O–H groups in total. The van der Waals surface area contributed by atoms with Gasteiger partial charge in [0.05, 0.1) is 15.4 Å². The molecule has 7 heteroatoms. The Bertz CT molecular complexity index is 879. The molecular formula is C19H23NO4S2. The normalized spacial score (nSPS) is 12.0. The summed E-state index contributed by atoms with van der Waals surface area (Å²) in [5.41, 5.74) is 1.15. The number of sulfone groups is 1. The highest BCUT2D eigenvalue weighted by Gasteiger charge is 2.29. The van der Waals surface area contributed by atoms with Gasteiger partial charge in [-0.1, -0.05) is 18.2 Å². The molecule has 0 radical (unpaired) electrons. The van der Waals surface area contributed by atoms with E-state index in [1.165, 1.54) is 11.3 Å². The Balaban J connectivity index is 1.95. The number of anilines is 1. The monoisotopic (exact) mass is 393 g/mol. The van der Waals surface area contributed by atoms with E-state index >= 15 is 0 Å². The molecular weight excluding hydrogens is 370 g/mol. The Labute approximate surface area is 158 Å². The first-order chi connectivity index (χ1) is 12.1. The average molecular weight is 394 g/mol. The van der Waals surface area contributed by atoms with E-state index < -0.39 is 14.6 Å². The van der Waals surface area contributed by atoms with E-state index in [2.05, 4.69) is 5.32 Å². The Morgan fingerprint density at radius 1 is 1.08 bits per heavy atom. The lowest BCUT2D eigenvalue weighted by atomic mass is 10.1. The first-order valence-corrected chi connectivity index (χ1v) is 10.8. The summed E-state index contributed by atoms with van der Waals surface area (Å²) >= 11 is 1.36. The number of ketones is 1. The molecule has 0 spiro atoms. The van der Waals surface area contributed by atoms with Gasteiger partial charge in [-0.05, 0) is 49.9 Å². The molecule has 0 fully saturated rings. The smallest absolute Gasteiger partial charge is 0.224 e. The predicted octanol–water partition coefficient (Wildman–Crippen LogP) is 4.06. The molecule has 26 heavy (non-hydrogen) atoms. The van der Waals surface area contributed by atoms with Crippen LogP contribution in [0.1, 0.15) is 48.8 Å². The summed E-state index contributed by atoms with van der Waals surface area (Å²) in [5, 5.41) is 4.55. The van der Waals surface area contributed by atoms with Gasteiger partial charge in [-0.25, -0.2) is 8.42 Å². The Kier molecular flexibility index (Phi) is 6.36. The first kappa shape index (κ1) is 20.3. The summed E-state index contributed by atoms with van der Waals surface area (Å²) in [6, 6.07) is 10.3. The molecule has 1 aromatic carbocycles. The van der Waals surface area contributed by atoms with Crippen molar-refractivity contribution in [3.05, 3.63) is 52.2 Å². The minimum atomic E-state index is -3.30. The van der Waals surface area contributed by atoms with Crippen LogP contribution in [0, 0.1) is 0 Å². The van der Waals surface area contributed by atoms with Crippen LogP contribution >= 0.6 is 11.3 Å². The van der Waals surface area contributed by atoms with Gasteiger partial charge in [0.25, 0.3) is 0 Å². The zero-order chi connectivity index (χ0) is 19.4. The lowest BCUT2D eigenvalue weighted by Gasteiger charge is -2.19. The van der Waals surface area contributed by atoms with Crippen molar-refractivity contribution < 1.29 is 18.0 Å². The fourth-order valence-corrected chi connectivity index (χ4v) is 3.93. The molecule has 1 amide bonds. The number of hydrogen-bond donors (Lipinski definition) is 1. The van der Waals surface area contributed by atoms with E-state index in [4.69, 9.17) is 0 Å². The third-order valence-electron chi connectivity index (χ3n) is 3.88. The van der Waals surface area contributed by atoms with Crippen LogP contribution in [0.3, 0.4) is 0 Å². The maximum absolute atomic E-state index is 12.3. The third kappa shape index (κ3) is 5.51. The highest BCUT2D eigenvalue weighted by atomic mass is 32.2. The molecule has 1 heterocycles. The second kappa shape index (κ2) is 8.14. The van der Waals surface area contributed by atoms with Crippen LogP contribution < -0.4 is 5.32 Å². The number of carbonyl (C=O) groups excluding carboxylic acids is 2. The zero-order valence-corrected chi connectivity index (χ0v) is 16.7. The maximum atomic E-state index is 12.3. The Hall–Kier alpha value is -1.99. The molecule has 0 bridgehead atoms. The van der Waals surface area contributed by atoms with Crippen LogP contribution in [-0.4, -0.2) is 24.9 Å². The summed E-state index contributed by atoms with van der Waals surface area (Å²) in [7, 11) is -3.30. The van der Waals surface area contributed by atoms with Crippen molar-refractivity contribution in [3.8, 4) is 0 Å². The largest absolute Gasteiger partial charge is 0.326 e. The summed E-state index contributed by atoms with van der Waals surface area (Å²) < 4.78 is 23.8. The van der Waals surface area contributed by atoms with E-state index in [0.717, 1.165) is 0 Å². The number of benzene rings is 1. The number of nitrogens with one attached hydrogen (secondary N) is 1. The first-order valence-electron chi connectivity index (χ1n) is 8.26. The van der Waals surface area contributed by atoms with Gasteiger partial charge in [-0.15, -0.1) is 11.3 Å². The number of hydrogen-bond acceptors (Lipinski definition) is 5. The van der Waals surface area contributed by atoms with Gasteiger partial charge in [0, 0.05) is 18.5 Å². The van der Waals surface area contributed by atoms with Crippen molar-refractivity contribution in [2.24, 2.45) is 0 Å². The molecule has 0 aliphatic carbocycles. The van der Waals surface area contributed by atoms with Crippen molar-refractivity contribution in [3.63, 3.8) is 0 Å². The molecule has 0 saturated carbocycles. The van der Waals surface area contributed by atoms with Crippen molar-refractivity contribution in [2.75, 3.05) is 5.32 Å². The molecule has 140 valence electrons. The number of Topliss-reactive ketones (excluding diaryl/α,β-unsaturated/α-hetero) is 1. The lowest BCUT2D eigenvalue weighted by molar-refractivity contribution is -0.116. The minimum absolute atomic E-state index is 0.0554. The Morgan fingerprint density at radius 3 is 2.42 bits per heavy atom. The van der Waals surface area contributed by atoms with Crippen molar-refractivity contribution >= 4 is 38.6 Å². The SMILES string of the molecule is CC(C)(C)S(=O)(=O)Cc1cccc(NC(=O)CCC(=O)c2cccs2)c1. The molecule has 0 atom stereocenters. The number of rotatable bonds is 7. The van der Waals surface area contributed by atoms with Crippen molar-refractivity contribution in [2.45, 2.75) is 44.1 Å². The standard InChI is InChI=1S/C19H23NO4S2/c1-19(2,3)26(23,24)13-14-6-4-7-15(12-14)20-18(22)10-9-16(21)17-8-5-11-25-17/h4-8,11-12H,9-10,13H2,1-3H3,(H,20,22). The van der Waals surface area contributed by atoms with Gasteiger partial charge >= 0.3 is 0 Å². The molecule has 5 nitrogen and oxygen atoms in total. The number of amides is 1. The summed E-state index contributed by atoms with van der Waals surface area (Å²) in [6.45, 7) is 5.00. The fraction of sp³-hybridized carbons (Fsp3) is 0.368. The van der Waals surface area contributed by atoms with E-state index in [1.807, 2.05) is 5.38 Å². The van der Waals surface area contributed by atoms with Crippen LogP contribution in [0.25, 0.3) is 0 Å². The molecule has 2 aromatic rings. The quantitative estimate of drug-likeness (QED) is 0.719. The molecule has 0 saturated heterocycles. The second-order valence-corrected chi connectivity index (χ2v) is 10.7. The van der Waals surface area contributed by atoms with Crippen LogP contribution in [0.2, 0.25) is 0 Å². The summed E-state index contributed by atoms with van der Waals surface area (Å²) in [6.07, 6.45) is 0.228. The van der Waals surface area contributed by atoms with E-state index in [1.54, 1.807) is 57.2 Å². The van der Waals surface area contributed by atoms with Gasteiger partial charge in [-0.2, -0.15) is 0 Å². The lowest BCUT2D eigenvalue weighted by Crippen LogP contribution is -2.29. The highest BCUT2D eigenvalue weighted by Crippen LogP contribution is 2.22. The topological polar surface area (TPSA) is 80.3 Å². The second-order valence-electron chi connectivity index (χ2n) is 7.02. The average Bonchev–Trinajstić information content (AvgIpc) is 3.06. The molecule has 0 unspecified atom stereocenters. The zero-order valence-electron chi connectivity index (χ0n) is 15.1.